The minimum Gasteiger partial charge on any atom is -0.395 e. The van der Waals surface area contributed by atoms with E-state index in [0.717, 1.165) is 12.3 Å². The molecule has 0 aliphatic carbocycles. The maximum Gasteiger partial charge on any atom is 0.0592 e. The van der Waals surface area contributed by atoms with Crippen molar-refractivity contribution in [3.63, 3.8) is 0 Å². The van der Waals surface area contributed by atoms with Gasteiger partial charge in [0.15, 0.2) is 0 Å². The Bertz CT molecular complexity index is 273. The van der Waals surface area contributed by atoms with Gasteiger partial charge in [0.2, 0.25) is 0 Å². The van der Waals surface area contributed by atoms with Crippen LogP contribution in [0.25, 0.3) is 0 Å². The molecule has 0 aliphatic rings. The summed E-state index contributed by atoms with van der Waals surface area (Å²) in [5.41, 5.74) is 1.28. The Morgan fingerprint density at radius 3 is 2.53 bits per heavy atom. The zero-order chi connectivity index (χ0) is 11.1. The van der Waals surface area contributed by atoms with Crippen molar-refractivity contribution >= 4 is 11.8 Å². The molecule has 0 saturated heterocycles. The molecule has 0 fully saturated rings. The van der Waals surface area contributed by atoms with Crippen LogP contribution in [-0.2, 0) is 0 Å². The average Bonchev–Trinajstić information content (AvgIpc) is 2.26. The SMILES string of the molecule is CCNC(CO)CSc1ccc(C)cc1. The predicted octanol–water partition coefficient (Wildman–Crippen LogP) is 2.06. The highest BCUT2D eigenvalue weighted by atomic mass is 32.2. The lowest BCUT2D eigenvalue weighted by Gasteiger charge is -2.14. The van der Waals surface area contributed by atoms with Gasteiger partial charge in [-0.05, 0) is 25.6 Å². The maximum atomic E-state index is 9.10. The Balaban J connectivity index is 2.38. The number of aliphatic hydroxyl groups is 1. The van der Waals surface area contributed by atoms with E-state index in [9.17, 15) is 0 Å². The van der Waals surface area contributed by atoms with Gasteiger partial charge in [0.05, 0.1) is 6.61 Å². The first kappa shape index (κ1) is 12.6. The zero-order valence-corrected chi connectivity index (χ0v) is 10.2. The predicted molar refractivity (Wildman–Crippen MR) is 66.5 cm³/mol. The third-order valence-electron chi connectivity index (χ3n) is 2.19. The molecule has 0 heterocycles. The summed E-state index contributed by atoms with van der Waals surface area (Å²) in [7, 11) is 0. The van der Waals surface area contributed by atoms with Gasteiger partial charge in [-0.15, -0.1) is 11.8 Å². The first-order valence-corrected chi connectivity index (χ1v) is 6.28. The highest BCUT2D eigenvalue weighted by Crippen LogP contribution is 2.18. The second-order valence-corrected chi connectivity index (χ2v) is 4.65. The number of aliphatic hydroxyl groups excluding tert-OH is 1. The number of nitrogens with one attached hydrogen (secondary N) is 1. The van der Waals surface area contributed by atoms with Crippen LogP contribution in [0.2, 0.25) is 0 Å². The maximum absolute atomic E-state index is 9.10. The van der Waals surface area contributed by atoms with E-state index in [1.165, 1.54) is 10.5 Å². The molecule has 1 unspecified atom stereocenters. The fourth-order valence-electron chi connectivity index (χ4n) is 1.30. The monoisotopic (exact) mass is 225 g/mol. The minimum atomic E-state index is 0.196. The molecular formula is C12H19NOS. The summed E-state index contributed by atoms with van der Waals surface area (Å²) in [4.78, 5) is 1.26. The number of hydrogen-bond acceptors (Lipinski definition) is 3. The molecule has 0 aliphatic heterocycles. The van der Waals surface area contributed by atoms with Crippen molar-refractivity contribution in [2.24, 2.45) is 0 Å². The number of hydrogen-bond donors (Lipinski definition) is 2. The molecule has 0 radical (unpaired) electrons. The summed E-state index contributed by atoms with van der Waals surface area (Å²) >= 11 is 1.78. The van der Waals surface area contributed by atoms with E-state index < -0.39 is 0 Å². The smallest absolute Gasteiger partial charge is 0.0592 e. The molecule has 0 bridgehead atoms. The Labute approximate surface area is 96.1 Å². The molecule has 1 aromatic carbocycles. The van der Waals surface area contributed by atoms with Gasteiger partial charge in [0.25, 0.3) is 0 Å². The zero-order valence-electron chi connectivity index (χ0n) is 9.36. The van der Waals surface area contributed by atoms with Crippen molar-refractivity contribution in [3.05, 3.63) is 29.8 Å². The van der Waals surface area contributed by atoms with Crippen LogP contribution in [0.3, 0.4) is 0 Å². The Morgan fingerprint density at radius 2 is 2.00 bits per heavy atom. The van der Waals surface area contributed by atoms with Crippen molar-refractivity contribution < 1.29 is 5.11 Å². The van der Waals surface area contributed by atoms with Crippen LogP contribution in [0.1, 0.15) is 12.5 Å². The van der Waals surface area contributed by atoms with Crippen LogP contribution in [0, 0.1) is 6.92 Å². The fourth-order valence-corrected chi connectivity index (χ4v) is 2.24. The van der Waals surface area contributed by atoms with Gasteiger partial charge in [0, 0.05) is 16.7 Å². The van der Waals surface area contributed by atoms with Crippen molar-refractivity contribution in [3.8, 4) is 0 Å². The van der Waals surface area contributed by atoms with E-state index >= 15 is 0 Å². The minimum absolute atomic E-state index is 0.196. The lowest BCUT2D eigenvalue weighted by Crippen LogP contribution is -2.34. The third kappa shape index (κ3) is 4.69. The molecular weight excluding hydrogens is 206 g/mol. The molecule has 84 valence electrons. The largest absolute Gasteiger partial charge is 0.395 e. The molecule has 2 N–H and O–H groups in total. The summed E-state index contributed by atoms with van der Waals surface area (Å²) in [6.45, 7) is 5.25. The highest BCUT2D eigenvalue weighted by Gasteiger charge is 2.05. The quantitative estimate of drug-likeness (QED) is 0.727. The van der Waals surface area contributed by atoms with E-state index in [-0.39, 0.29) is 12.6 Å². The Kier molecular flexibility index (Phi) is 5.76. The number of rotatable bonds is 6. The molecule has 15 heavy (non-hydrogen) atoms. The number of thioether (sulfide) groups is 1. The molecule has 0 saturated carbocycles. The fraction of sp³-hybridized carbons (Fsp3) is 0.500. The first-order chi connectivity index (χ1) is 7.26. The lowest BCUT2D eigenvalue weighted by molar-refractivity contribution is 0.255. The van der Waals surface area contributed by atoms with Crippen LogP contribution in [0.15, 0.2) is 29.2 Å². The summed E-state index contributed by atoms with van der Waals surface area (Å²) in [6, 6.07) is 8.68. The average molecular weight is 225 g/mol. The molecule has 1 atom stereocenters. The number of benzene rings is 1. The van der Waals surface area contributed by atoms with E-state index in [4.69, 9.17) is 5.11 Å². The van der Waals surface area contributed by atoms with Crippen LogP contribution in [-0.4, -0.2) is 30.1 Å². The van der Waals surface area contributed by atoms with Gasteiger partial charge in [-0.25, -0.2) is 0 Å². The lowest BCUT2D eigenvalue weighted by atomic mass is 10.2. The van der Waals surface area contributed by atoms with Crippen molar-refractivity contribution in [2.75, 3.05) is 18.9 Å². The van der Waals surface area contributed by atoms with Crippen molar-refractivity contribution in [1.29, 1.82) is 0 Å². The second-order valence-electron chi connectivity index (χ2n) is 3.56. The van der Waals surface area contributed by atoms with Crippen LogP contribution in [0.5, 0.6) is 0 Å². The van der Waals surface area contributed by atoms with Gasteiger partial charge in [-0.2, -0.15) is 0 Å². The third-order valence-corrected chi connectivity index (χ3v) is 3.36. The van der Waals surface area contributed by atoms with Gasteiger partial charge in [-0.1, -0.05) is 24.6 Å². The second kappa shape index (κ2) is 6.88. The topological polar surface area (TPSA) is 32.3 Å². The van der Waals surface area contributed by atoms with Gasteiger partial charge in [0.1, 0.15) is 0 Å². The highest BCUT2D eigenvalue weighted by molar-refractivity contribution is 7.99. The van der Waals surface area contributed by atoms with E-state index in [2.05, 4.69) is 43.4 Å². The van der Waals surface area contributed by atoms with Crippen LogP contribution >= 0.6 is 11.8 Å². The summed E-state index contributed by atoms with van der Waals surface area (Å²) < 4.78 is 0. The van der Waals surface area contributed by atoms with Crippen molar-refractivity contribution in [1.82, 2.24) is 5.32 Å². The van der Waals surface area contributed by atoms with Gasteiger partial charge < -0.3 is 10.4 Å². The van der Waals surface area contributed by atoms with Crippen LogP contribution in [0.4, 0.5) is 0 Å². The molecule has 2 nitrogen and oxygen atoms in total. The van der Waals surface area contributed by atoms with Gasteiger partial charge in [-0.3, -0.25) is 0 Å². The normalized spacial score (nSPS) is 12.7. The molecule has 0 amide bonds. The summed E-state index contributed by atoms with van der Waals surface area (Å²) in [5, 5.41) is 12.3. The molecule has 0 spiro atoms. The van der Waals surface area contributed by atoms with Gasteiger partial charge >= 0.3 is 0 Å². The van der Waals surface area contributed by atoms with E-state index in [1.807, 2.05) is 0 Å². The number of likely N-dealkylation sites (N-methyl/N-ethyl adjacent to an activating group) is 1. The molecule has 1 aromatic rings. The van der Waals surface area contributed by atoms with E-state index in [1.54, 1.807) is 11.8 Å². The first-order valence-electron chi connectivity index (χ1n) is 5.30. The standard InChI is InChI=1S/C12H19NOS/c1-3-13-11(8-14)9-15-12-6-4-10(2)5-7-12/h4-7,11,13-14H,3,8-9H2,1-2H3. The molecule has 0 aromatic heterocycles. The summed E-state index contributed by atoms with van der Waals surface area (Å²) in [5.74, 6) is 0.910. The molecule has 3 heteroatoms. The summed E-state index contributed by atoms with van der Waals surface area (Å²) in [6.07, 6.45) is 0. The number of aryl methyl sites for hydroxylation is 1. The Morgan fingerprint density at radius 1 is 1.33 bits per heavy atom. The van der Waals surface area contributed by atoms with Crippen molar-refractivity contribution in [2.45, 2.75) is 24.8 Å². The van der Waals surface area contributed by atoms with Crippen LogP contribution < -0.4 is 5.32 Å². The van der Waals surface area contributed by atoms with E-state index in [0.29, 0.717) is 0 Å². The Hall–Kier alpha value is -0.510. The molecule has 1 rings (SSSR count).